The smallest absolute Gasteiger partial charge is 0.250 e. The molecule has 0 aliphatic carbocycles. The molecule has 2 N–H and O–H groups in total. The number of pyridine rings is 1. The molecule has 214 valence electrons. The molecular formula is C28H36N6O5S. The van der Waals surface area contributed by atoms with Crippen molar-refractivity contribution in [3.05, 3.63) is 42.2 Å². The second-order valence-corrected chi connectivity index (χ2v) is 12.7. The quantitative estimate of drug-likeness (QED) is 0.484. The van der Waals surface area contributed by atoms with Gasteiger partial charge >= 0.3 is 0 Å². The predicted molar refractivity (Wildman–Crippen MR) is 152 cm³/mol. The number of anilines is 2. The summed E-state index contributed by atoms with van der Waals surface area (Å²) in [6, 6.07) is 9.25. The highest BCUT2D eigenvalue weighted by Crippen LogP contribution is 2.37. The van der Waals surface area contributed by atoms with E-state index in [1.54, 1.807) is 12.1 Å². The number of piperidine rings is 2. The van der Waals surface area contributed by atoms with Crippen LogP contribution >= 0.6 is 0 Å². The third-order valence-corrected chi connectivity index (χ3v) is 9.26. The Balaban J connectivity index is 1.37. The highest BCUT2D eigenvalue weighted by molar-refractivity contribution is 7.92. The van der Waals surface area contributed by atoms with Crippen LogP contribution in [0.2, 0.25) is 0 Å². The molecule has 4 aliphatic rings. The lowest BCUT2D eigenvalue weighted by molar-refractivity contribution is 0.0304. The van der Waals surface area contributed by atoms with Crippen LogP contribution in [0.15, 0.2) is 40.9 Å². The molecular weight excluding hydrogens is 532 g/mol. The number of nitrogens with zero attached hydrogens (tertiary/aromatic N) is 5. The molecule has 2 unspecified atom stereocenters. The third-order valence-electron chi connectivity index (χ3n) is 7.99. The largest absolute Gasteiger partial charge is 0.416 e. The van der Waals surface area contributed by atoms with Crippen LogP contribution in [-0.2, 0) is 14.8 Å². The fraction of sp³-hybridized carbons (Fsp3) is 0.536. The summed E-state index contributed by atoms with van der Waals surface area (Å²) >= 11 is 0. The average molecular weight is 569 g/mol. The molecule has 3 aromatic rings. The summed E-state index contributed by atoms with van der Waals surface area (Å²) in [5.74, 6) is 0.784. The Kier molecular flexibility index (Phi) is 8.01. The van der Waals surface area contributed by atoms with Gasteiger partial charge in [0.25, 0.3) is 0 Å². The monoisotopic (exact) mass is 568 g/mol. The van der Waals surface area contributed by atoms with Crippen molar-refractivity contribution in [2.45, 2.75) is 44.1 Å². The highest BCUT2D eigenvalue weighted by atomic mass is 32.2. The van der Waals surface area contributed by atoms with Gasteiger partial charge in [-0.05, 0) is 69.0 Å². The van der Waals surface area contributed by atoms with Gasteiger partial charge in [-0.3, -0.25) is 9.71 Å². The van der Waals surface area contributed by atoms with Crippen molar-refractivity contribution < 1.29 is 22.7 Å². The topological polar surface area (TPSA) is 134 Å². The SMILES string of the molecule is O=S(=O)(CCO)Nc1ccc2c(c1)N1CCC(CC1)OCCCN1CCCC(C1)c1cc(ccn1)-c1nnc-2o1. The van der Waals surface area contributed by atoms with E-state index in [-0.39, 0.29) is 11.9 Å². The van der Waals surface area contributed by atoms with E-state index in [1.165, 1.54) is 0 Å². The minimum Gasteiger partial charge on any atom is -0.416 e. The van der Waals surface area contributed by atoms with Crippen molar-refractivity contribution in [2.75, 3.05) is 61.3 Å². The van der Waals surface area contributed by atoms with Crippen LogP contribution in [0.1, 0.15) is 43.7 Å². The highest BCUT2D eigenvalue weighted by Gasteiger charge is 2.27. The number of hydrogen-bond donors (Lipinski definition) is 2. The maximum atomic E-state index is 12.3. The Labute approximate surface area is 234 Å². The first-order valence-corrected chi connectivity index (χ1v) is 15.8. The van der Waals surface area contributed by atoms with Gasteiger partial charge in [-0.1, -0.05) is 0 Å². The summed E-state index contributed by atoms with van der Waals surface area (Å²) in [5, 5.41) is 17.9. The lowest BCUT2D eigenvalue weighted by Crippen LogP contribution is -2.38. The Morgan fingerprint density at radius 1 is 1.00 bits per heavy atom. The van der Waals surface area contributed by atoms with Crippen LogP contribution in [0, 0.1) is 0 Å². The van der Waals surface area contributed by atoms with Crippen molar-refractivity contribution in [1.29, 1.82) is 0 Å². The van der Waals surface area contributed by atoms with Gasteiger partial charge in [0.15, 0.2) is 0 Å². The van der Waals surface area contributed by atoms with Gasteiger partial charge in [0.1, 0.15) is 0 Å². The molecule has 2 fully saturated rings. The molecule has 1 aromatic carbocycles. The van der Waals surface area contributed by atoms with Gasteiger partial charge < -0.3 is 24.1 Å². The lowest BCUT2D eigenvalue weighted by atomic mass is 9.93. The summed E-state index contributed by atoms with van der Waals surface area (Å²) in [6.07, 6.45) is 7.01. The van der Waals surface area contributed by atoms with Crippen molar-refractivity contribution in [1.82, 2.24) is 20.1 Å². The standard InChI is InChI=1S/C28H36N6O5S/c35-14-16-40(36,37)32-22-4-5-24-26(18-22)34-12-7-23(8-13-34)38-15-2-11-33-10-1-3-21(19-33)25-17-20(6-9-29-25)27-30-31-28(24)39-27/h4-6,9,17-18,21,23,32,35H,1-3,7-8,10-16,19H2. The molecule has 11 nitrogen and oxygen atoms in total. The van der Waals surface area contributed by atoms with E-state index in [4.69, 9.17) is 19.2 Å². The van der Waals surface area contributed by atoms with E-state index in [0.717, 1.165) is 93.9 Å². The van der Waals surface area contributed by atoms with E-state index >= 15 is 0 Å². The van der Waals surface area contributed by atoms with Gasteiger partial charge in [-0.15, -0.1) is 10.2 Å². The molecule has 8 bridgehead atoms. The van der Waals surface area contributed by atoms with Crippen LogP contribution in [-0.4, -0.2) is 91.4 Å². The molecule has 6 heterocycles. The molecule has 2 atom stereocenters. The number of aromatic nitrogens is 3. The van der Waals surface area contributed by atoms with E-state index in [2.05, 4.69) is 30.8 Å². The molecule has 0 amide bonds. The van der Waals surface area contributed by atoms with Gasteiger partial charge in [-0.25, -0.2) is 8.42 Å². The number of ether oxygens (including phenoxy) is 1. The van der Waals surface area contributed by atoms with Gasteiger partial charge in [-0.2, -0.15) is 0 Å². The van der Waals surface area contributed by atoms with Crippen molar-refractivity contribution in [3.63, 3.8) is 0 Å². The zero-order valence-electron chi connectivity index (χ0n) is 22.5. The zero-order chi connectivity index (χ0) is 27.5. The number of hydrogen-bond acceptors (Lipinski definition) is 10. The van der Waals surface area contributed by atoms with Crippen LogP contribution in [0.4, 0.5) is 11.4 Å². The fourth-order valence-corrected chi connectivity index (χ4v) is 6.77. The summed E-state index contributed by atoms with van der Waals surface area (Å²) < 4.78 is 39.8. The number of rotatable bonds is 4. The van der Waals surface area contributed by atoms with E-state index < -0.39 is 16.6 Å². The van der Waals surface area contributed by atoms with Crippen LogP contribution in [0.3, 0.4) is 0 Å². The molecule has 2 saturated heterocycles. The number of sulfonamides is 1. The first kappa shape index (κ1) is 27.1. The summed E-state index contributed by atoms with van der Waals surface area (Å²) in [7, 11) is -3.67. The fourth-order valence-electron chi connectivity index (χ4n) is 5.94. The number of nitrogens with one attached hydrogen (secondary N) is 1. The lowest BCUT2D eigenvalue weighted by Gasteiger charge is -2.35. The predicted octanol–water partition coefficient (Wildman–Crippen LogP) is 3.10. The van der Waals surface area contributed by atoms with E-state index in [9.17, 15) is 8.42 Å². The summed E-state index contributed by atoms with van der Waals surface area (Å²) in [5.41, 5.74) is 3.85. The van der Waals surface area contributed by atoms with Crippen molar-refractivity contribution in [3.8, 4) is 22.9 Å². The third kappa shape index (κ3) is 6.14. The van der Waals surface area contributed by atoms with Gasteiger partial charge in [0.05, 0.1) is 35.4 Å². The molecule has 0 radical (unpaired) electrons. The molecule has 12 heteroatoms. The van der Waals surface area contributed by atoms with Crippen molar-refractivity contribution in [2.24, 2.45) is 0 Å². The maximum Gasteiger partial charge on any atom is 0.250 e. The number of fused-ring (bicyclic) bond motifs is 5. The number of aliphatic hydroxyl groups is 1. The molecule has 0 saturated carbocycles. The maximum absolute atomic E-state index is 12.3. The van der Waals surface area contributed by atoms with Crippen LogP contribution in [0.5, 0.6) is 0 Å². The average Bonchev–Trinajstić information content (AvgIpc) is 3.46. The number of aliphatic hydroxyl groups excluding tert-OH is 1. The van der Waals surface area contributed by atoms with Crippen molar-refractivity contribution >= 4 is 21.4 Å². The Hall–Kier alpha value is -3.06. The molecule has 0 spiro atoms. The summed E-state index contributed by atoms with van der Waals surface area (Å²) in [4.78, 5) is 9.44. The molecule has 40 heavy (non-hydrogen) atoms. The van der Waals surface area contributed by atoms with Crippen LogP contribution < -0.4 is 9.62 Å². The molecule has 7 rings (SSSR count). The first-order chi connectivity index (χ1) is 19.5. The number of benzene rings is 1. The molecule has 2 aromatic heterocycles. The molecule has 4 aliphatic heterocycles. The van der Waals surface area contributed by atoms with Gasteiger partial charge in [0.2, 0.25) is 21.8 Å². The second kappa shape index (κ2) is 11.8. The van der Waals surface area contributed by atoms with Crippen LogP contribution in [0.25, 0.3) is 22.9 Å². The second-order valence-electron chi connectivity index (χ2n) is 10.8. The van der Waals surface area contributed by atoms with E-state index in [0.29, 0.717) is 23.4 Å². The normalized spacial score (nSPS) is 23.5. The summed E-state index contributed by atoms with van der Waals surface area (Å²) in [6.45, 7) is 4.93. The minimum atomic E-state index is -3.67. The van der Waals surface area contributed by atoms with E-state index in [1.807, 2.05) is 18.3 Å². The Morgan fingerprint density at radius 2 is 1.82 bits per heavy atom. The zero-order valence-corrected chi connectivity index (χ0v) is 23.4. The Bertz CT molecular complexity index is 1420. The minimum absolute atomic E-state index is 0.197. The first-order valence-electron chi connectivity index (χ1n) is 14.1. The Morgan fingerprint density at radius 3 is 2.67 bits per heavy atom. The van der Waals surface area contributed by atoms with Gasteiger partial charge in [0, 0.05) is 56.2 Å².